The number of nitrogens with two attached hydrogens (primary N) is 1. The third-order valence-corrected chi connectivity index (χ3v) is 4.36. The molecule has 5 nitrogen and oxygen atoms in total. The van der Waals surface area contributed by atoms with Crippen LogP contribution >= 0.6 is 24.0 Å². The number of nitrogen functional groups attached to an aromatic ring is 1. The molecule has 0 bridgehead atoms. The summed E-state index contributed by atoms with van der Waals surface area (Å²) in [5.74, 6) is 0.968. The quantitative estimate of drug-likeness (QED) is 0.769. The van der Waals surface area contributed by atoms with Gasteiger partial charge in [-0.15, -0.1) is 12.4 Å². The fourth-order valence-electron chi connectivity index (χ4n) is 2.59. The molecule has 1 amide bonds. The van der Waals surface area contributed by atoms with Gasteiger partial charge in [0.2, 0.25) is 0 Å². The van der Waals surface area contributed by atoms with E-state index in [2.05, 4.69) is 13.8 Å². The maximum Gasteiger partial charge on any atom is 0.257 e. The summed E-state index contributed by atoms with van der Waals surface area (Å²) < 4.78 is 11.1. The first kappa shape index (κ1) is 20.9. The van der Waals surface area contributed by atoms with Crippen LogP contribution in [-0.4, -0.2) is 43.7 Å². The molecule has 0 spiro atoms. The Labute approximate surface area is 154 Å². The molecule has 0 saturated carbocycles. The summed E-state index contributed by atoms with van der Waals surface area (Å²) in [6.07, 6.45) is 1.99. The third-order valence-electron chi connectivity index (χ3n) is 4.03. The molecule has 1 fully saturated rings. The van der Waals surface area contributed by atoms with Crippen molar-refractivity contribution < 1.29 is 14.3 Å². The summed E-state index contributed by atoms with van der Waals surface area (Å²) in [6.45, 7) is 6.36. The van der Waals surface area contributed by atoms with E-state index in [0.717, 1.165) is 19.4 Å². The lowest BCUT2D eigenvalue weighted by Gasteiger charge is -2.19. The number of benzene rings is 1. The first-order valence-corrected chi connectivity index (χ1v) is 8.34. The van der Waals surface area contributed by atoms with E-state index >= 15 is 0 Å². The standard InChI is InChI=1S/C17H25ClN2O3.ClH/c1-11(2)5-7-23-12-4-6-20(10-12)17(21)13-8-14(18)15(19)9-16(13)22-3;/h8-9,11-12H,4-7,10,19H2,1-3H3;1H. The molecule has 1 aliphatic heterocycles. The van der Waals surface area contributed by atoms with Gasteiger partial charge in [0.1, 0.15) is 5.75 Å². The molecule has 1 atom stereocenters. The van der Waals surface area contributed by atoms with Gasteiger partial charge in [0.05, 0.1) is 29.5 Å². The van der Waals surface area contributed by atoms with Crippen molar-refractivity contribution in [2.45, 2.75) is 32.8 Å². The molecule has 24 heavy (non-hydrogen) atoms. The van der Waals surface area contributed by atoms with Crippen LogP contribution in [0.1, 0.15) is 37.0 Å². The molecule has 2 rings (SSSR count). The monoisotopic (exact) mass is 376 g/mol. The SMILES string of the molecule is COc1cc(N)c(Cl)cc1C(=O)N1CCC(OCCC(C)C)C1.Cl. The number of hydrogen-bond donors (Lipinski definition) is 1. The fourth-order valence-corrected chi connectivity index (χ4v) is 2.76. The highest BCUT2D eigenvalue weighted by Gasteiger charge is 2.29. The number of methoxy groups -OCH3 is 1. The van der Waals surface area contributed by atoms with Gasteiger partial charge in [-0.25, -0.2) is 0 Å². The van der Waals surface area contributed by atoms with Crippen LogP contribution in [0.3, 0.4) is 0 Å². The summed E-state index contributed by atoms with van der Waals surface area (Å²) in [7, 11) is 1.52. The Morgan fingerprint density at radius 2 is 2.17 bits per heavy atom. The lowest BCUT2D eigenvalue weighted by atomic mass is 10.1. The van der Waals surface area contributed by atoms with Crippen LogP contribution < -0.4 is 10.5 Å². The van der Waals surface area contributed by atoms with E-state index in [-0.39, 0.29) is 24.4 Å². The van der Waals surface area contributed by atoms with Crippen LogP contribution in [0.4, 0.5) is 5.69 Å². The molecule has 136 valence electrons. The number of carbonyl (C=O) groups is 1. The number of rotatable bonds is 6. The van der Waals surface area contributed by atoms with Crippen molar-refractivity contribution >= 4 is 35.6 Å². The first-order valence-electron chi connectivity index (χ1n) is 7.96. The third kappa shape index (κ3) is 5.16. The highest BCUT2D eigenvalue weighted by molar-refractivity contribution is 6.33. The van der Waals surface area contributed by atoms with Gasteiger partial charge < -0.3 is 20.1 Å². The molecular weight excluding hydrogens is 351 g/mol. The van der Waals surface area contributed by atoms with E-state index in [0.29, 0.717) is 41.0 Å². The Kier molecular flexibility index (Phi) is 8.13. The normalized spacial score (nSPS) is 17.0. The van der Waals surface area contributed by atoms with Crippen molar-refractivity contribution in [2.24, 2.45) is 5.92 Å². The predicted octanol–water partition coefficient (Wildman–Crippen LogP) is 3.63. The lowest BCUT2D eigenvalue weighted by molar-refractivity contribution is 0.0483. The van der Waals surface area contributed by atoms with Crippen molar-refractivity contribution in [1.29, 1.82) is 0 Å². The average Bonchev–Trinajstić information content (AvgIpc) is 2.97. The van der Waals surface area contributed by atoms with Crippen molar-refractivity contribution in [3.8, 4) is 5.75 Å². The molecule has 2 N–H and O–H groups in total. The maximum atomic E-state index is 12.7. The zero-order valence-electron chi connectivity index (χ0n) is 14.4. The highest BCUT2D eigenvalue weighted by Crippen LogP contribution is 2.30. The van der Waals surface area contributed by atoms with Gasteiger partial charge in [-0.05, 0) is 24.8 Å². The van der Waals surface area contributed by atoms with E-state index in [1.165, 1.54) is 7.11 Å². The van der Waals surface area contributed by atoms with E-state index in [1.54, 1.807) is 17.0 Å². The van der Waals surface area contributed by atoms with Crippen LogP contribution in [0.5, 0.6) is 5.75 Å². The van der Waals surface area contributed by atoms with Gasteiger partial charge in [0.15, 0.2) is 0 Å². The molecule has 0 aromatic heterocycles. The van der Waals surface area contributed by atoms with Gasteiger partial charge in [-0.3, -0.25) is 4.79 Å². The molecule has 0 radical (unpaired) electrons. The van der Waals surface area contributed by atoms with Crippen LogP contribution in [-0.2, 0) is 4.74 Å². The van der Waals surface area contributed by atoms with Crippen molar-refractivity contribution in [3.05, 3.63) is 22.7 Å². The molecule has 1 aliphatic rings. The maximum absolute atomic E-state index is 12.7. The Morgan fingerprint density at radius 3 is 2.79 bits per heavy atom. The zero-order valence-corrected chi connectivity index (χ0v) is 16.0. The van der Waals surface area contributed by atoms with Crippen molar-refractivity contribution in [3.63, 3.8) is 0 Å². The Balaban J connectivity index is 0.00000288. The number of likely N-dealkylation sites (tertiary alicyclic amines) is 1. The molecule has 1 aromatic rings. The van der Waals surface area contributed by atoms with Crippen LogP contribution in [0.25, 0.3) is 0 Å². The molecule has 0 aliphatic carbocycles. The molecule has 1 unspecified atom stereocenters. The van der Waals surface area contributed by atoms with E-state index in [4.69, 9.17) is 26.8 Å². The minimum absolute atomic E-state index is 0. The largest absolute Gasteiger partial charge is 0.496 e. The summed E-state index contributed by atoms with van der Waals surface area (Å²) in [4.78, 5) is 14.5. The second-order valence-corrected chi connectivity index (χ2v) is 6.70. The number of halogens is 2. The van der Waals surface area contributed by atoms with Gasteiger partial charge in [0.25, 0.3) is 5.91 Å². The smallest absolute Gasteiger partial charge is 0.257 e. The van der Waals surface area contributed by atoms with E-state index in [1.807, 2.05) is 0 Å². The number of nitrogens with zero attached hydrogens (tertiary/aromatic N) is 1. The minimum atomic E-state index is -0.0984. The Bertz CT molecular complexity index is 567. The first-order chi connectivity index (χ1) is 10.9. The van der Waals surface area contributed by atoms with Crippen LogP contribution in [0, 0.1) is 5.92 Å². The minimum Gasteiger partial charge on any atom is -0.496 e. The topological polar surface area (TPSA) is 64.8 Å². The van der Waals surface area contributed by atoms with Gasteiger partial charge in [-0.1, -0.05) is 25.4 Å². The van der Waals surface area contributed by atoms with Crippen LogP contribution in [0.2, 0.25) is 5.02 Å². The predicted molar refractivity (Wildman–Crippen MR) is 99.4 cm³/mol. The summed E-state index contributed by atoms with van der Waals surface area (Å²) in [6, 6.07) is 3.16. The van der Waals surface area contributed by atoms with E-state index < -0.39 is 0 Å². The van der Waals surface area contributed by atoms with Crippen molar-refractivity contribution in [1.82, 2.24) is 4.90 Å². The summed E-state index contributed by atoms with van der Waals surface area (Å²) in [5, 5.41) is 0.359. The summed E-state index contributed by atoms with van der Waals surface area (Å²) in [5.41, 5.74) is 6.60. The number of amides is 1. The van der Waals surface area contributed by atoms with E-state index in [9.17, 15) is 4.79 Å². The second kappa shape index (κ2) is 9.35. The highest BCUT2D eigenvalue weighted by atomic mass is 35.5. The van der Waals surface area contributed by atoms with Crippen molar-refractivity contribution in [2.75, 3.05) is 32.5 Å². The van der Waals surface area contributed by atoms with Gasteiger partial charge >= 0.3 is 0 Å². The van der Waals surface area contributed by atoms with Gasteiger partial charge in [0, 0.05) is 25.8 Å². The van der Waals surface area contributed by atoms with Crippen LogP contribution in [0.15, 0.2) is 12.1 Å². The molecule has 1 saturated heterocycles. The average molecular weight is 377 g/mol. The number of hydrogen-bond acceptors (Lipinski definition) is 4. The molecule has 1 heterocycles. The fraction of sp³-hybridized carbons (Fsp3) is 0.588. The molecule has 1 aromatic carbocycles. The molecule has 7 heteroatoms. The molecular formula is C17H26Cl2N2O3. The zero-order chi connectivity index (χ0) is 17.0. The number of ether oxygens (including phenoxy) is 2. The number of anilines is 1. The lowest BCUT2D eigenvalue weighted by Crippen LogP contribution is -2.30. The summed E-state index contributed by atoms with van der Waals surface area (Å²) >= 11 is 6.04. The van der Waals surface area contributed by atoms with Gasteiger partial charge in [-0.2, -0.15) is 0 Å². The Morgan fingerprint density at radius 1 is 1.46 bits per heavy atom. The number of carbonyl (C=O) groups excluding carboxylic acids is 1. The Hall–Kier alpha value is -1.17. The second-order valence-electron chi connectivity index (χ2n) is 6.29.